The Labute approximate surface area is 144 Å². The first-order valence-electron chi connectivity index (χ1n) is 9.32. The van der Waals surface area contributed by atoms with Gasteiger partial charge < -0.3 is 10.6 Å². The van der Waals surface area contributed by atoms with E-state index in [4.69, 9.17) is 0 Å². The Balaban J connectivity index is 1.63. The Morgan fingerprint density at radius 1 is 1.29 bits per heavy atom. The largest absolute Gasteiger partial charge is 0.336 e. The molecule has 0 bridgehead atoms. The first kappa shape index (κ1) is 18.7. The summed E-state index contributed by atoms with van der Waals surface area (Å²) in [6.07, 6.45) is 9.09. The van der Waals surface area contributed by atoms with Gasteiger partial charge in [0.05, 0.1) is 6.07 Å². The quantitative estimate of drug-likeness (QED) is 0.666. The van der Waals surface area contributed by atoms with Gasteiger partial charge in [0.2, 0.25) is 0 Å². The van der Waals surface area contributed by atoms with Crippen LogP contribution in [0.4, 0.5) is 4.79 Å². The molecule has 0 aromatic carbocycles. The van der Waals surface area contributed by atoms with Crippen molar-refractivity contribution in [3.63, 3.8) is 0 Å². The van der Waals surface area contributed by atoms with Crippen molar-refractivity contribution < 1.29 is 9.59 Å². The van der Waals surface area contributed by atoms with Crippen LogP contribution in [0.2, 0.25) is 0 Å². The third-order valence-electron chi connectivity index (χ3n) is 5.18. The van der Waals surface area contributed by atoms with Crippen molar-refractivity contribution in [1.29, 1.82) is 5.26 Å². The van der Waals surface area contributed by atoms with Crippen LogP contribution >= 0.6 is 0 Å². The first-order valence-corrected chi connectivity index (χ1v) is 9.32. The van der Waals surface area contributed by atoms with E-state index in [0.717, 1.165) is 32.2 Å². The number of hydrogen-bond donors (Lipinski definition) is 3. The minimum Gasteiger partial charge on any atom is -0.336 e. The highest BCUT2D eigenvalue weighted by Gasteiger charge is 2.40. The average Bonchev–Trinajstić information content (AvgIpc) is 3.05. The Hall–Kier alpha value is -1.61. The molecule has 1 saturated heterocycles. The molecule has 24 heavy (non-hydrogen) atoms. The van der Waals surface area contributed by atoms with Gasteiger partial charge in [-0.15, -0.1) is 0 Å². The summed E-state index contributed by atoms with van der Waals surface area (Å²) < 4.78 is 0. The molecule has 2 rings (SSSR count). The second-order valence-corrected chi connectivity index (χ2v) is 7.22. The van der Waals surface area contributed by atoms with Gasteiger partial charge in [-0.05, 0) is 52.0 Å². The molecule has 2 aliphatic rings. The van der Waals surface area contributed by atoms with Gasteiger partial charge >= 0.3 is 6.03 Å². The fraction of sp³-hybridized carbons (Fsp3) is 0.833. The van der Waals surface area contributed by atoms with E-state index < -0.39 is 5.54 Å². The van der Waals surface area contributed by atoms with Crippen LogP contribution < -0.4 is 16.0 Å². The zero-order valence-electron chi connectivity index (χ0n) is 14.7. The number of urea groups is 1. The van der Waals surface area contributed by atoms with Crippen LogP contribution in [-0.4, -0.2) is 36.0 Å². The minimum absolute atomic E-state index is 0.0126. The first-order chi connectivity index (χ1) is 11.6. The Morgan fingerprint density at radius 3 is 2.67 bits per heavy atom. The lowest BCUT2D eigenvalue weighted by molar-refractivity contribution is -0.123. The number of nitrogens with zero attached hydrogens (tertiary/aromatic N) is 1. The molecule has 2 amide bonds. The molecule has 2 fully saturated rings. The van der Waals surface area contributed by atoms with E-state index in [1.165, 1.54) is 19.3 Å². The van der Waals surface area contributed by atoms with Crippen molar-refractivity contribution in [1.82, 2.24) is 16.0 Å². The van der Waals surface area contributed by atoms with E-state index in [-0.39, 0.29) is 17.9 Å². The van der Waals surface area contributed by atoms with Crippen molar-refractivity contribution in [3.05, 3.63) is 0 Å². The Bertz CT molecular complexity index is 474. The number of rotatable bonds is 7. The Kier molecular flexibility index (Phi) is 7.04. The average molecular weight is 334 g/mol. The van der Waals surface area contributed by atoms with Crippen molar-refractivity contribution in [2.75, 3.05) is 6.54 Å². The molecule has 1 heterocycles. The summed E-state index contributed by atoms with van der Waals surface area (Å²) in [6, 6.07) is 2.37. The molecule has 0 aromatic heterocycles. The smallest absolute Gasteiger partial charge is 0.315 e. The van der Waals surface area contributed by atoms with E-state index in [2.05, 4.69) is 22.0 Å². The fourth-order valence-electron chi connectivity index (χ4n) is 3.69. The zero-order valence-corrected chi connectivity index (χ0v) is 14.7. The molecule has 1 aliphatic heterocycles. The molecule has 0 radical (unpaired) electrons. The summed E-state index contributed by atoms with van der Waals surface area (Å²) in [4.78, 5) is 24.3. The van der Waals surface area contributed by atoms with Gasteiger partial charge in [0.15, 0.2) is 11.3 Å². The summed E-state index contributed by atoms with van der Waals surface area (Å²) in [5, 5.41) is 18.3. The second-order valence-electron chi connectivity index (χ2n) is 7.22. The van der Waals surface area contributed by atoms with Gasteiger partial charge in [0.1, 0.15) is 0 Å². The summed E-state index contributed by atoms with van der Waals surface area (Å²) in [6.45, 7) is 2.69. The fourth-order valence-corrected chi connectivity index (χ4v) is 3.69. The zero-order chi connectivity index (χ0) is 17.4. The molecule has 1 saturated carbocycles. The summed E-state index contributed by atoms with van der Waals surface area (Å²) >= 11 is 0. The molecule has 6 nitrogen and oxygen atoms in total. The predicted molar refractivity (Wildman–Crippen MR) is 92.4 cm³/mol. The van der Waals surface area contributed by atoms with Gasteiger partial charge in [0.25, 0.3) is 0 Å². The molecule has 1 unspecified atom stereocenters. The van der Waals surface area contributed by atoms with E-state index in [1.54, 1.807) is 0 Å². The van der Waals surface area contributed by atoms with Gasteiger partial charge in [-0.2, -0.15) is 5.26 Å². The number of Topliss-reactive ketones (excluding diaryl/α,β-unsaturated/α-hetero) is 1. The molecule has 0 spiro atoms. The van der Waals surface area contributed by atoms with Gasteiger partial charge in [-0.1, -0.05) is 19.3 Å². The standard InChI is InChI=1S/C18H30N4O2/c1-14(21-17(24)22-15-8-3-2-4-9-15)7-5-10-16(23)18(13-19)11-6-12-20-18/h14-15,20H,2-12H2,1H3,(H2,21,22,24)/t14?,18-/m0/s1. The third kappa shape index (κ3) is 5.20. The minimum atomic E-state index is -0.963. The van der Waals surface area contributed by atoms with E-state index >= 15 is 0 Å². The highest BCUT2D eigenvalue weighted by atomic mass is 16.2. The normalized spacial score (nSPS) is 25.7. The number of nitriles is 1. The van der Waals surface area contributed by atoms with Crippen molar-refractivity contribution >= 4 is 11.8 Å². The number of amides is 2. The van der Waals surface area contributed by atoms with Crippen LogP contribution in [0.3, 0.4) is 0 Å². The van der Waals surface area contributed by atoms with Crippen molar-refractivity contribution in [2.45, 2.75) is 88.8 Å². The summed E-state index contributed by atoms with van der Waals surface area (Å²) in [5.41, 5.74) is -0.963. The van der Waals surface area contributed by atoms with Crippen LogP contribution in [0.5, 0.6) is 0 Å². The van der Waals surface area contributed by atoms with Crippen LogP contribution in [0.25, 0.3) is 0 Å². The maximum Gasteiger partial charge on any atom is 0.315 e. The third-order valence-corrected chi connectivity index (χ3v) is 5.18. The SMILES string of the molecule is CC(CCCC(=O)[C@@]1(C#N)CCCN1)NC(=O)NC1CCCCC1. The number of hydrogen-bond acceptors (Lipinski definition) is 4. The molecular weight excluding hydrogens is 304 g/mol. The van der Waals surface area contributed by atoms with E-state index in [9.17, 15) is 14.9 Å². The molecular formula is C18H30N4O2. The molecule has 2 atom stereocenters. The maximum absolute atomic E-state index is 12.3. The van der Waals surface area contributed by atoms with Crippen LogP contribution in [-0.2, 0) is 4.79 Å². The lowest BCUT2D eigenvalue weighted by Gasteiger charge is -2.24. The van der Waals surface area contributed by atoms with Gasteiger partial charge in [-0.25, -0.2) is 4.79 Å². The Morgan fingerprint density at radius 2 is 2.04 bits per heavy atom. The predicted octanol–water partition coefficient (Wildman–Crippen LogP) is 2.39. The highest BCUT2D eigenvalue weighted by molar-refractivity contribution is 5.91. The molecule has 1 aliphatic carbocycles. The lowest BCUT2D eigenvalue weighted by Crippen LogP contribution is -2.47. The second kappa shape index (κ2) is 9.03. The number of nitrogens with one attached hydrogen (secondary N) is 3. The number of carbonyl (C=O) groups excluding carboxylic acids is 2. The van der Waals surface area contributed by atoms with E-state index in [0.29, 0.717) is 25.3 Å². The molecule has 0 aromatic rings. The highest BCUT2D eigenvalue weighted by Crippen LogP contribution is 2.22. The van der Waals surface area contributed by atoms with Crippen molar-refractivity contribution in [3.8, 4) is 6.07 Å². The number of ketones is 1. The van der Waals surface area contributed by atoms with Gasteiger partial charge in [0, 0.05) is 18.5 Å². The monoisotopic (exact) mass is 334 g/mol. The number of carbonyl (C=O) groups is 2. The van der Waals surface area contributed by atoms with Crippen LogP contribution in [0.1, 0.15) is 71.1 Å². The molecule has 134 valence electrons. The van der Waals surface area contributed by atoms with Crippen LogP contribution in [0, 0.1) is 11.3 Å². The summed E-state index contributed by atoms with van der Waals surface area (Å²) in [7, 11) is 0. The molecule has 6 heteroatoms. The van der Waals surface area contributed by atoms with E-state index in [1.807, 2.05) is 6.92 Å². The van der Waals surface area contributed by atoms with Crippen LogP contribution in [0.15, 0.2) is 0 Å². The lowest BCUT2D eigenvalue weighted by atomic mass is 9.90. The van der Waals surface area contributed by atoms with Crippen molar-refractivity contribution in [2.24, 2.45) is 0 Å². The van der Waals surface area contributed by atoms with Gasteiger partial charge in [-0.3, -0.25) is 10.1 Å². The molecule has 3 N–H and O–H groups in total. The summed E-state index contributed by atoms with van der Waals surface area (Å²) in [5.74, 6) is -0.0126. The topological polar surface area (TPSA) is 94.0 Å². The maximum atomic E-state index is 12.3.